The highest BCUT2D eigenvalue weighted by molar-refractivity contribution is 5.46. The van der Waals surface area contributed by atoms with E-state index in [9.17, 15) is 0 Å². The highest BCUT2D eigenvalue weighted by Gasteiger charge is 2.15. The third-order valence-corrected chi connectivity index (χ3v) is 2.89. The first kappa shape index (κ1) is 12.7. The van der Waals surface area contributed by atoms with Crippen molar-refractivity contribution >= 4 is 11.8 Å². The van der Waals surface area contributed by atoms with E-state index in [0.717, 1.165) is 24.3 Å². The predicted octanol–water partition coefficient (Wildman–Crippen LogP) is 2.67. The number of rotatable bonds is 5. The Kier molecular flexibility index (Phi) is 4.10. The lowest BCUT2D eigenvalue weighted by molar-refractivity contribution is 0.376. The van der Waals surface area contributed by atoms with Gasteiger partial charge in [0.05, 0.1) is 0 Å². The van der Waals surface area contributed by atoms with E-state index in [1.54, 1.807) is 0 Å². The first-order valence-electron chi connectivity index (χ1n) is 5.74. The standard InChI is InChI=1S/C12H22N4/c1-6-12(3,4)8-15-10-9(2)7-14-11(13-5)16-10/h7H,6,8H2,1-5H3,(H2,13,14,15,16). The van der Waals surface area contributed by atoms with Crippen LogP contribution < -0.4 is 10.6 Å². The first-order chi connectivity index (χ1) is 7.48. The van der Waals surface area contributed by atoms with Gasteiger partial charge in [-0.25, -0.2) is 4.98 Å². The van der Waals surface area contributed by atoms with E-state index in [2.05, 4.69) is 41.4 Å². The normalized spacial score (nSPS) is 11.3. The first-order valence-corrected chi connectivity index (χ1v) is 5.74. The van der Waals surface area contributed by atoms with Gasteiger partial charge in [-0.1, -0.05) is 20.8 Å². The van der Waals surface area contributed by atoms with E-state index in [-0.39, 0.29) is 5.41 Å². The van der Waals surface area contributed by atoms with Gasteiger partial charge >= 0.3 is 0 Å². The minimum atomic E-state index is 0.289. The molecule has 4 nitrogen and oxygen atoms in total. The van der Waals surface area contributed by atoms with Gasteiger partial charge in [-0.2, -0.15) is 4.98 Å². The molecule has 0 aromatic carbocycles. The highest BCUT2D eigenvalue weighted by Crippen LogP contribution is 2.21. The molecule has 1 aromatic rings. The second-order valence-electron chi connectivity index (χ2n) is 4.85. The minimum absolute atomic E-state index is 0.289. The average molecular weight is 222 g/mol. The Bertz CT molecular complexity index is 347. The molecule has 16 heavy (non-hydrogen) atoms. The molecule has 0 saturated carbocycles. The van der Waals surface area contributed by atoms with Crippen molar-refractivity contribution in [3.8, 4) is 0 Å². The summed E-state index contributed by atoms with van der Waals surface area (Å²) in [4.78, 5) is 8.55. The fourth-order valence-electron chi connectivity index (χ4n) is 1.19. The van der Waals surface area contributed by atoms with Gasteiger partial charge in [-0.15, -0.1) is 0 Å². The Hall–Kier alpha value is -1.32. The van der Waals surface area contributed by atoms with Crippen LogP contribution in [0.3, 0.4) is 0 Å². The molecule has 90 valence electrons. The molecular formula is C12H22N4. The SMILES string of the molecule is CCC(C)(C)CNc1nc(NC)ncc1C. The van der Waals surface area contributed by atoms with Gasteiger partial charge in [0.1, 0.15) is 5.82 Å². The van der Waals surface area contributed by atoms with Gasteiger partial charge in [0.2, 0.25) is 5.95 Å². The zero-order valence-corrected chi connectivity index (χ0v) is 10.9. The van der Waals surface area contributed by atoms with Gasteiger partial charge in [-0.3, -0.25) is 0 Å². The van der Waals surface area contributed by atoms with Crippen molar-refractivity contribution in [3.63, 3.8) is 0 Å². The summed E-state index contributed by atoms with van der Waals surface area (Å²) in [6.45, 7) is 9.63. The van der Waals surface area contributed by atoms with E-state index >= 15 is 0 Å². The zero-order chi connectivity index (χ0) is 12.2. The van der Waals surface area contributed by atoms with Crippen molar-refractivity contribution in [2.24, 2.45) is 5.41 Å². The Morgan fingerprint density at radius 2 is 2.06 bits per heavy atom. The molecule has 0 saturated heterocycles. The maximum atomic E-state index is 4.39. The van der Waals surface area contributed by atoms with Crippen LogP contribution in [0.5, 0.6) is 0 Å². The maximum Gasteiger partial charge on any atom is 0.224 e. The Balaban J connectivity index is 2.73. The third kappa shape index (κ3) is 3.36. The number of hydrogen-bond acceptors (Lipinski definition) is 4. The van der Waals surface area contributed by atoms with Crippen LogP contribution in [0.1, 0.15) is 32.8 Å². The number of anilines is 2. The molecular weight excluding hydrogens is 200 g/mol. The monoisotopic (exact) mass is 222 g/mol. The number of hydrogen-bond donors (Lipinski definition) is 2. The smallest absolute Gasteiger partial charge is 0.224 e. The highest BCUT2D eigenvalue weighted by atomic mass is 15.1. The van der Waals surface area contributed by atoms with Crippen LogP contribution in [0.4, 0.5) is 11.8 Å². The fraction of sp³-hybridized carbons (Fsp3) is 0.667. The lowest BCUT2D eigenvalue weighted by Crippen LogP contribution is -2.23. The number of nitrogens with one attached hydrogen (secondary N) is 2. The number of aromatic nitrogens is 2. The summed E-state index contributed by atoms with van der Waals surface area (Å²) in [7, 11) is 1.82. The van der Waals surface area contributed by atoms with E-state index in [4.69, 9.17) is 0 Å². The lowest BCUT2D eigenvalue weighted by atomic mass is 9.90. The Morgan fingerprint density at radius 1 is 1.38 bits per heavy atom. The van der Waals surface area contributed by atoms with Crippen molar-refractivity contribution in [3.05, 3.63) is 11.8 Å². The van der Waals surface area contributed by atoms with Crippen molar-refractivity contribution in [2.45, 2.75) is 34.1 Å². The molecule has 1 heterocycles. The van der Waals surface area contributed by atoms with E-state index < -0.39 is 0 Å². The predicted molar refractivity (Wildman–Crippen MR) is 68.9 cm³/mol. The zero-order valence-electron chi connectivity index (χ0n) is 10.9. The van der Waals surface area contributed by atoms with Crippen LogP contribution in [0.25, 0.3) is 0 Å². The molecule has 0 aliphatic heterocycles. The average Bonchev–Trinajstić information content (AvgIpc) is 2.28. The summed E-state index contributed by atoms with van der Waals surface area (Å²) in [5.74, 6) is 1.57. The van der Waals surface area contributed by atoms with E-state index in [1.165, 1.54) is 0 Å². The van der Waals surface area contributed by atoms with E-state index in [1.807, 2.05) is 20.2 Å². The summed E-state index contributed by atoms with van der Waals surface area (Å²) in [5.41, 5.74) is 1.36. The van der Waals surface area contributed by atoms with Crippen molar-refractivity contribution in [1.29, 1.82) is 0 Å². The topological polar surface area (TPSA) is 49.8 Å². The number of nitrogens with zero attached hydrogens (tertiary/aromatic N) is 2. The Morgan fingerprint density at radius 3 is 2.62 bits per heavy atom. The van der Waals surface area contributed by atoms with Crippen LogP contribution in [0.15, 0.2) is 6.20 Å². The fourth-order valence-corrected chi connectivity index (χ4v) is 1.19. The quantitative estimate of drug-likeness (QED) is 0.804. The van der Waals surface area contributed by atoms with Gasteiger partial charge in [0.15, 0.2) is 0 Å². The third-order valence-electron chi connectivity index (χ3n) is 2.89. The van der Waals surface area contributed by atoms with Gasteiger partial charge in [0, 0.05) is 25.4 Å². The summed E-state index contributed by atoms with van der Waals surface area (Å²) >= 11 is 0. The summed E-state index contributed by atoms with van der Waals surface area (Å²) in [6.07, 6.45) is 2.98. The molecule has 0 bridgehead atoms. The molecule has 2 N–H and O–H groups in total. The second-order valence-corrected chi connectivity index (χ2v) is 4.85. The lowest BCUT2D eigenvalue weighted by Gasteiger charge is -2.23. The van der Waals surface area contributed by atoms with Crippen LogP contribution in [-0.4, -0.2) is 23.6 Å². The molecule has 1 rings (SSSR count). The molecule has 0 atom stereocenters. The number of aryl methyl sites for hydroxylation is 1. The Labute approximate surface area is 97.9 Å². The van der Waals surface area contributed by atoms with Gasteiger partial charge < -0.3 is 10.6 Å². The van der Waals surface area contributed by atoms with Crippen LogP contribution >= 0.6 is 0 Å². The van der Waals surface area contributed by atoms with E-state index in [0.29, 0.717) is 5.95 Å². The largest absolute Gasteiger partial charge is 0.369 e. The van der Waals surface area contributed by atoms with Crippen molar-refractivity contribution < 1.29 is 0 Å². The van der Waals surface area contributed by atoms with Crippen LogP contribution in [0, 0.1) is 12.3 Å². The molecule has 1 aromatic heterocycles. The minimum Gasteiger partial charge on any atom is -0.369 e. The van der Waals surface area contributed by atoms with Crippen molar-refractivity contribution in [1.82, 2.24) is 9.97 Å². The molecule has 0 spiro atoms. The molecule has 0 aliphatic carbocycles. The molecule has 0 unspecified atom stereocenters. The molecule has 0 aliphatic rings. The molecule has 4 heteroatoms. The van der Waals surface area contributed by atoms with Crippen LogP contribution in [-0.2, 0) is 0 Å². The van der Waals surface area contributed by atoms with Crippen molar-refractivity contribution in [2.75, 3.05) is 24.2 Å². The van der Waals surface area contributed by atoms with Gasteiger partial charge in [0.25, 0.3) is 0 Å². The summed E-state index contributed by atoms with van der Waals surface area (Å²) in [5, 5.41) is 6.33. The van der Waals surface area contributed by atoms with Crippen LogP contribution in [0.2, 0.25) is 0 Å². The molecule has 0 amide bonds. The second kappa shape index (κ2) is 5.14. The molecule has 0 radical (unpaired) electrons. The summed E-state index contributed by atoms with van der Waals surface area (Å²) < 4.78 is 0. The summed E-state index contributed by atoms with van der Waals surface area (Å²) in [6, 6.07) is 0. The maximum absolute atomic E-state index is 4.39. The van der Waals surface area contributed by atoms with Gasteiger partial charge in [-0.05, 0) is 18.8 Å². The molecule has 0 fully saturated rings.